The molecule has 130 valence electrons. The molecule has 3 rings (SSSR count). The minimum Gasteiger partial charge on any atom is -0.368 e. The zero-order chi connectivity index (χ0) is 17.4. The van der Waals surface area contributed by atoms with Crippen molar-refractivity contribution in [1.29, 1.82) is 0 Å². The molecule has 0 bridgehead atoms. The first-order chi connectivity index (χ1) is 11.4. The van der Waals surface area contributed by atoms with Gasteiger partial charge in [-0.05, 0) is 25.7 Å². The zero-order valence-electron chi connectivity index (χ0n) is 14.1. The molecule has 0 spiro atoms. The lowest BCUT2D eigenvalue weighted by molar-refractivity contribution is 0.481. The fourth-order valence-electron chi connectivity index (χ4n) is 3.32. The van der Waals surface area contributed by atoms with E-state index in [9.17, 15) is 0 Å². The number of nitrogens with zero attached hydrogens (tertiary/aromatic N) is 5. The second kappa shape index (κ2) is 6.76. The number of anilines is 2. The molecular formula is C16H22Cl2N6. The molecule has 0 aromatic carbocycles. The molecule has 0 radical (unpaired) electrons. The standard InChI is InChI=1S/C16H22Cl2N6/c1-9(2)8-24-15(18)14(10(3)22-24)11-5-4-6-23(11)13-7-12(17)20-16(19)21-13/h7,9,11H,4-6,8H2,1-3H3,(H2,19,20,21). The van der Waals surface area contributed by atoms with Crippen LogP contribution in [0, 0.1) is 12.8 Å². The Hall–Kier alpha value is -1.53. The van der Waals surface area contributed by atoms with Gasteiger partial charge in [-0.2, -0.15) is 10.1 Å². The summed E-state index contributed by atoms with van der Waals surface area (Å²) >= 11 is 12.7. The van der Waals surface area contributed by atoms with Crippen LogP contribution in [0.5, 0.6) is 0 Å². The molecule has 2 aromatic heterocycles. The number of nitrogens with two attached hydrogens (primary N) is 1. The molecule has 1 aliphatic heterocycles. The van der Waals surface area contributed by atoms with Crippen molar-refractivity contribution in [1.82, 2.24) is 19.7 Å². The summed E-state index contributed by atoms with van der Waals surface area (Å²) in [4.78, 5) is 10.5. The van der Waals surface area contributed by atoms with E-state index in [4.69, 9.17) is 28.9 Å². The van der Waals surface area contributed by atoms with E-state index in [1.165, 1.54) is 0 Å². The Balaban J connectivity index is 1.98. The number of nitrogen functional groups attached to an aromatic ring is 1. The van der Waals surface area contributed by atoms with Gasteiger partial charge < -0.3 is 10.6 Å². The quantitative estimate of drug-likeness (QED) is 0.829. The minimum atomic E-state index is 0.128. The van der Waals surface area contributed by atoms with Crippen LogP contribution in [-0.2, 0) is 6.54 Å². The number of hydrogen-bond acceptors (Lipinski definition) is 5. The molecular weight excluding hydrogens is 347 g/mol. The number of rotatable bonds is 4. The second-order valence-corrected chi connectivity index (χ2v) is 7.37. The summed E-state index contributed by atoms with van der Waals surface area (Å²) in [6.07, 6.45) is 2.05. The van der Waals surface area contributed by atoms with E-state index in [0.29, 0.717) is 16.2 Å². The third-order valence-electron chi connectivity index (χ3n) is 4.23. The Labute approximate surface area is 152 Å². The first-order valence-electron chi connectivity index (χ1n) is 8.16. The molecule has 1 atom stereocenters. The van der Waals surface area contributed by atoms with E-state index in [-0.39, 0.29) is 12.0 Å². The van der Waals surface area contributed by atoms with Crippen LogP contribution in [-0.4, -0.2) is 26.3 Å². The highest BCUT2D eigenvalue weighted by molar-refractivity contribution is 6.30. The molecule has 2 aromatic rings. The van der Waals surface area contributed by atoms with Gasteiger partial charge in [-0.15, -0.1) is 0 Å². The van der Waals surface area contributed by atoms with Gasteiger partial charge in [0, 0.05) is 24.7 Å². The molecule has 6 nitrogen and oxygen atoms in total. The Morgan fingerprint density at radius 2 is 2.08 bits per heavy atom. The molecule has 1 unspecified atom stereocenters. The normalized spacial score (nSPS) is 17.9. The molecule has 1 saturated heterocycles. The van der Waals surface area contributed by atoms with Gasteiger partial charge in [-0.3, -0.25) is 4.68 Å². The van der Waals surface area contributed by atoms with Gasteiger partial charge in [0.2, 0.25) is 5.95 Å². The molecule has 24 heavy (non-hydrogen) atoms. The molecule has 1 aliphatic rings. The van der Waals surface area contributed by atoms with Crippen molar-refractivity contribution < 1.29 is 0 Å². The summed E-state index contributed by atoms with van der Waals surface area (Å²) in [6, 6.07) is 1.88. The highest BCUT2D eigenvalue weighted by atomic mass is 35.5. The molecule has 0 amide bonds. The molecule has 8 heteroatoms. The minimum absolute atomic E-state index is 0.128. The lowest BCUT2D eigenvalue weighted by atomic mass is 10.1. The lowest BCUT2D eigenvalue weighted by Gasteiger charge is -2.26. The number of hydrogen-bond donors (Lipinski definition) is 1. The van der Waals surface area contributed by atoms with E-state index in [0.717, 1.165) is 43.0 Å². The van der Waals surface area contributed by atoms with E-state index in [1.54, 1.807) is 6.07 Å². The van der Waals surface area contributed by atoms with Gasteiger partial charge in [-0.25, -0.2) is 4.98 Å². The summed E-state index contributed by atoms with van der Waals surface area (Å²) in [5.74, 6) is 1.40. The zero-order valence-corrected chi connectivity index (χ0v) is 15.6. The average Bonchev–Trinajstić information content (AvgIpc) is 3.03. The van der Waals surface area contributed by atoms with Gasteiger partial charge >= 0.3 is 0 Å². The summed E-state index contributed by atoms with van der Waals surface area (Å²) in [7, 11) is 0. The Morgan fingerprint density at radius 1 is 1.33 bits per heavy atom. The van der Waals surface area contributed by atoms with Crippen molar-refractivity contribution in [3.05, 3.63) is 27.6 Å². The predicted molar refractivity (Wildman–Crippen MR) is 97.6 cm³/mol. The van der Waals surface area contributed by atoms with Crippen LogP contribution >= 0.6 is 23.2 Å². The Bertz CT molecular complexity index is 722. The van der Waals surface area contributed by atoms with E-state index < -0.39 is 0 Å². The topological polar surface area (TPSA) is 72.9 Å². The third-order valence-corrected chi connectivity index (χ3v) is 4.82. The maximum Gasteiger partial charge on any atom is 0.223 e. The monoisotopic (exact) mass is 368 g/mol. The van der Waals surface area contributed by atoms with Crippen molar-refractivity contribution in [2.45, 2.75) is 46.2 Å². The van der Waals surface area contributed by atoms with Crippen molar-refractivity contribution >= 4 is 35.0 Å². The van der Waals surface area contributed by atoms with Crippen LogP contribution in [0.25, 0.3) is 0 Å². The number of halogens is 2. The largest absolute Gasteiger partial charge is 0.368 e. The van der Waals surface area contributed by atoms with Gasteiger partial charge in [-0.1, -0.05) is 37.0 Å². The SMILES string of the molecule is Cc1nn(CC(C)C)c(Cl)c1C1CCCN1c1cc(Cl)nc(N)n1. The second-order valence-electron chi connectivity index (χ2n) is 6.62. The molecule has 3 heterocycles. The van der Waals surface area contributed by atoms with Crippen molar-refractivity contribution in [2.24, 2.45) is 5.92 Å². The van der Waals surface area contributed by atoms with Crippen LogP contribution in [0.1, 0.15) is 44.0 Å². The van der Waals surface area contributed by atoms with Crippen LogP contribution in [0.15, 0.2) is 6.07 Å². The van der Waals surface area contributed by atoms with Gasteiger partial charge in [0.1, 0.15) is 16.1 Å². The fraction of sp³-hybridized carbons (Fsp3) is 0.562. The van der Waals surface area contributed by atoms with Gasteiger partial charge in [0.15, 0.2) is 0 Å². The summed E-state index contributed by atoms with van der Waals surface area (Å²) < 4.78 is 1.90. The van der Waals surface area contributed by atoms with E-state index in [1.807, 2.05) is 11.6 Å². The highest BCUT2D eigenvalue weighted by Crippen LogP contribution is 2.40. The van der Waals surface area contributed by atoms with Crippen LogP contribution < -0.4 is 10.6 Å². The molecule has 2 N–H and O–H groups in total. The van der Waals surface area contributed by atoms with Gasteiger partial charge in [0.05, 0.1) is 11.7 Å². The molecule has 0 aliphatic carbocycles. The first kappa shape index (κ1) is 17.3. The predicted octanol–water partition coefficient (Wildman–Crippen LogP) is 3.87. The lowest BCUT2D eigenvalue weighted by Crippen LogP contribution is -2.24. The molecule has 1 fully saturated rings. The Morgan fingerprint density at radius 3 is 2.75 bits per heavy atom. The first-order valence-corrected chi connectivity index (χ1v) is 8.92. The van der Waals surface area contributed by atoms with Crippen LogP contribution in [0.4, 0.5) is 11.8 Å². The van der Waals surface area contributed by atoms with E-state index >= 15 is 0 Å². The maximum absolute atomic E-state index is 6.66. The maximum atomic E-state index is 6.66. The van der Waals surface area contributed by atoms with Crippen LogP contribution in [0.2, 0.25) is 10.3 Å². The van der Waals surface area contributed by atoms with Crippen molar-refractivity contribution in [2.75, 3.05) is 17.2 Å². The number of aryl methyl sites for hydroxylation is 1. The average molecular weight is 369 g/mol. The summed E-state index contributed by atoms with van der Waals surface area (Å²) in [6.45, 7) is 8.00. The third kappa shape index (κ3) is 3.30. The van der Waals surface area contributed by atoms with E-state index in [2.05, 4.69) is 33.8 Å². The molecule has 0 saturated carbocycles. The van der Waals surface area contributed by atoms with Gasteiger partial charge in [0.25, 0.3) is 0 Å². The smallest absolute Gasteiger partial charge is 0.223 e. The van der Waals surface area contributed by atoms with Crippen molar-refractivity contribution in [3.8, 4) is 0 Å². The fourth-order valence-corrected chi connectivity index (χ4v) is 3.88. The Kier molecular flexibility index (Phi) is 4.88. The number of aromatic nitrogens is 4. The van der Waals surface area contributed by atoms with Crippen LogP contribution in [0.3, 0.4) is 0 Å². The van der Waals surface area contributed by atoms with Crippen molar-refractivity contribution in [3.63, 3.8) is 0 Å². The highest BCUT2D eigenvalue weighted by Gasteiger charge is 2.32. The summed E-state index contributed by atoms with van der Waals surface area (Å²) in [5.41, 5.74) is 7.79. The summed E-state index contributed by atoms with van der Waals surface area (Å²) in [5, 5.41) is 5.70.